The van der Waals surface area contributed by atoms with Crippen molar-refractivity contribution in [3.05, 3.63) is 42.2 Å². The van der Waals surface area contributed by atoms with Gasteiger partial charge in [0.05, 0.1) is 5.75 Å². The van der Waals surface area contributed by atoms with Gasteiger partial charge < -0.3 is 10.5 Å². The minimum absolute atomic E-state index is 0.0539. The van der Waals surface area contributed by atoms with E-state index in [1.807, 2.05) is 0 Å². The third kappa shape index (κ3) is 7.11. The molecule has 0 amide bonds. The molecule has 0 spiro atoms. The Morgan fingerprint density at radius 2 is 2.13 bits per heavy atom. The van der Waals surface area contributed by atoms with Crippen molar-refractivity contribution in [2.75, 3.05) is 18.9 Å². The normalized spacial score (nSPS) is 12.8. The first-order chi connectivity index (χ1) is 10.9. The zero-order valence-electron chi connectivity index (χ0n) is 13.4. The lowest BCUT2D eigenvalue weighted by Gasteiger charge is -2.16. The summed E-state index contributed by atoms with van der Waals surface area (Å²) in [7, 11) is -3.39. The summed E-state index contributed by atoms with van der Waals surface area (Å²) in [5.74, 6) is -0.359. The van der Waals surface area contributed by atoms with Crippen molar-refractivity contribution in [2.45, 2.75) is 32.2 Å². The number of halogens is 1. The third-order valence-corrected chi connectivity index (χ3v) is 4.82. The molecule has 23 heavy (non-hydrogen) atoms. The van der Waals surface area contributed by atoms with Gasteiger partial charge in [0.1, 0.15) is 6.61 Å². The molecule has 0 bridgehead atoms. The molecule has 0 saturated carbocycles. The smallest absolute Gasteiger partial charge is 0.212 e. The molecule has 0 aliphatic heterocycles. The van der Waals surface area contributed by atoms with E-state index < -0.39 is 21.9 Å². The molecule has 130 valence electrons. The van der Waals surface area contributed by atoms with E-state index in [2.05, 4.69) is 11.3 Å². The van der Waals surface area contributed by atoms with Crippen LogP contribution >= 0.6 is 0 Å². The Labute approximate surface area is 137 Å². The number of unbranched alkanes of at least 4 members (excludes halogenated alkanes) is 2. The highest BCUT2D eigenvalue weighted by atomic mass is 32.2. The van der Waals surface area contributed by atoms with Crippen LogP contribution in [0.5, 0.6) is 5.75 Å². The van der Waals surface area contributed by atoms with Crippen LogP contribution in [0, 0.1) is 5.82 Å². The molecule has 3 N–H and O–H groups in total. The molecule has 0 aromatic heterocycles. The largest absolute Gasteiger partial charge is 0.486 e. The van der Waals surface area contributed by atoms with Crippen LogP contribution in [0.4, 0.5) is 4.39 Å². The molecule has 5 nitrogen and oxygen atoms in total. The molecule has 0 fully saturated rings. The zero-order chi connectivity index (χ0) is 17.3. The van der Waals surface area contributed by atoms with Gasteiger partial charge in [-0.3, -0.25) is 0 Å². The van der Waals surface area contributed by atoms with E-state index in [-0.39, 0.29) is 18.1 Å². The highest BCUT2D eigenvalue weighted by Crippen LogP contribution is 2.23. The van der Waals surface area contributed by atoms with Gasteiger partial charge in [0.15, 0.2) is 11.6 Å². The maximum atomic E-state index is 13.6. The number of hydrogen-bond acceptors (Lipinski definition) is 4. The molecule has 1 rings (SSSR count). The first-order valence-electron chi connectivity index (χ1n) is 7.63. The lowest BCUT2D eigenvalue weighted by atomic mass is 10.1. The molecule has 7 heteroatoms. The van der Waals surface area contributed by atoms with Gasteiger partial charge in [0.2, 0.25) is 10.0 Å². The average Bonchev–Trinajstić information content (AvgIpc) is 2.50. The summed E-state index contributed by atoms with van der Waals surface area (Å²) in [6.45, 7) is 5.96. The fraction of sp³-hybridized carbons (Fsp3) is 0.500. The molecule has 0 radical (unpaired) electrons. The van der Waals surface area contributed by atoms with Gasteiger partial charge in [0.25, 0.3) is 0 Å². The summed E-state index contributed by atoms with van der Waals surface area (Å²) in [4.78, 5) is 0. The van der Waals surface area contributed by atoms with Crippen molar-refractivity contribution in [1.29, 1.82) is 0 Å². The Bertz CT molecular complexity index is 605. The van der Waals surface area contributed by atoms with Gasteiger partial charge in [-0.2, -0.15) is 0 Å². The molecule has 1 aromatic rings. The van der Waals surface area contributed by atoms with Crippen LogP contribution in [0.3, 0.4) is 0 Å². The topological polar surface area (TPSA) is 81.4 Å². The quantitative estimate of drug-likeness (QED) is 0.477. The second kappa shape index (κ2) is 9.64. The van der Waals surface area contributed by atoms with Gasteiger partial charge in [-0.1, -0.05) is 25.1 Å². The first kappa shape index (κ1) is 19.6. The third-order valence-electron chi connectivity index (χ3n) is 3.29. The van der Waals surface area contributed by atoms with Crippen LogP contribution in [-0.4, -0.2) is 27.3 Å². The molecule has 1 unspecified atom stereocenters. The monoisotopic (exact) mass is 344 g/mol. The fourth-order valence-electron chi connectivity index (χ4n) is 2.06. The number of rotatable bonds is 11. The number of benzene rings is 1. The predicted octanol–water partition coefficient (Wildman–Crippen LogP) is 2.50. The van der Waals surface area contributed by atoms with Crippen LogP contribution in [0.1, 0.15) is 37.8 Å². The Balaban J connectivity index is 2.69. The maximum Gasteiger partial charge on any atom is 0.212 e. The highest BCUT2D eigenvalue weighted by Gasteiger charge is 2.17. The predicted molar refractivity (Wildman–Crippen MR) is 90.3 cm³/mol. The van der Waals surface area contributed by atoms with Crippen molar-refractivity contribution in [2.24, 2.45) is 5.73 Å². The molecule has 0 aliphatic rings. The van der Waals surface area contributed by atoms with Crippen LogP contribution in [0.25, 0.3) is 0 Å². The standard InChI is InChI=1S/C16H25FN2O3S/c1-3-10-22-16-12-14(7-8-15(16)17)13(2)19-23(20,21)11-6-4-5-9-18/h3,7-8,12-13,19H,1,4-6,9-11,18H2,2H3. The maximum absolute atomic E-state index is 13.6. The summed E-state index contributed by atoms with van der Waals surface area (Å²) in [5, 5.41) is 0. The molecule has 0 saturated heterocycles. The Kier molecular flexibility index (Phi) is 8.22. The van der Waals surface area contributed by atoms with Gasteiger partial charge in [-0.25, -0.2) is 17.5 Å². The van der Waals surface area contributed by atoms with E-state index in [0.29, 0.717) is 18.5 Å². The van der Waals surface area contributed by atoms with Gasteiger partial charge in [0, 0.05) is 6.04 Å². The zero-order valence-corrected chi connectivity index (χ0v) is 14.2. The number of ether oxygens (including phenoxy) is 1. The van der Waals surface area contributed by atoms with Crippen LogP contribution < -0.4 is 15.2 Å². The summed E-state index contributed by atoms with van der Waals surface area (Å²) >= 11 is 0. The molecule has 0 heterocycles. The second-order valence-corrected chi connectivity index (χ2v) is 7.17. The van der Waals surface area contributed by atoms with Crippen LogP contribution in [-0.2, 0) is 10.0 Å². The van der Waals surface area contributed by atoms with Crippen LogP contribution in [0.2, 0.25) is 0 Å². The summed E-state index contributed by atoms with van der Waals surface area (Å²) in [5.41, 5.74) is 6.02. The van der Waals surface area contributed by atoms with Crippen molar-refractivity contribution in [1.82, 2.24) is 4.72 Å². The molecular weight excluding hydrogens is 319 g/mol. The van der Waals surface area contributed by atoms with Gasteiger partial charge >= 0.3 is 0 Å². The van der Waals surface area contributed by atoms with E-state index in [0.717, 1.165) is 12.8 Å². The first-order valence-corrected chi connectivity index (χ1v) is 9.28. The molecule has 1 atom stereocenters. The van der Waals surface area contributed by atoms with E-state index >= 15 is 0 Å². The van der Waals surface area contributed by atoms with E-state index in [1.165, 1.54) is 24.3 Å². The molecule has 1 aromatic carbocycles. The Morgan fingerprint density at radius 3 is 2.78 bits per heavy atom. The lowest BCUT2D eigenvalue weighted by Crippen LogP contribution is -2.29. The second-order valence-electron chi connectivity index (χ2n) is 5.30. The minimum atomic E-state index is -3.39. The molecule has 0 aliphatic carbocycles. The Hall–Kier alpha value is -1.44. The van der Waals surface area contributed by atoms with E-state index in [4.69, 9.17) is 10.5 Å². The fourth-order valence-corrected chi connectivity index (χ4v) is 3.43. The minimum Gasteiger partial charge on any atom is -0.486 e. The van der Waals surface area contributed by atoms with E-state index in [1.54, 1.807) is 6.92 Å². The van der Waals surface area contributed by atoms with Gasteiger partial charge in [-0.05, 0) is 44.0 Å². The summed E-state index contributed by atoms with van der Waals surface area (Å²) in [6.07, 6.45) is 3.67. The Morgan fingerprint density at radius 1 is 1.39 bits per heavy atom. The highest BCUT2D eigenvalue weighted by molar-refractivity contribution is 7.89. The lowest BCUT2D eigenvalue weighted by molar-refractivity contribution is 0.341. The van der Waals surface area contributed by atoms with Gasteiger partial charge in [-0.15, -0.1) is 0 Å². The average molecular weight is 344 g/mol. The number of hydrogen-bond donors (Lipinski definition) is 2. The number of nitrogens with two attached hydrogens (primary N) is 1. The van der Waals surface area contributed by atoms with E-state index in [9.17, 15) is 12.8 Å². The van der Waals surface area contributed by atoms with Crippen molar-refractivity contribution in [3.8, 4) is 5.75 Å². The van der Waals surface area contributed by atoms with Crippen molar-refractivity contribution < 1.29 is 17.5 Å². The number of nitrogens with one attached hydrogen (secondary N) is 1. The number of sulfonamides is 1. The van der Waals surface area contributed by atoms with Crippen LogP contribution in [0.15, 0.2) is 30.9 Å². The van der Waals surface area contributed by atoms with Crippen molar-refractivity contribution in [3.63, 3.8) is 0 Å². The summed E-state index contributed by atoms with van der Waals surface area (Å²) in [6, 6.07) is 3.83. The van der Waals surface area contributed by atoms with Crippen molar-refractivity contribution >= 4 is 10.0 Å². The molecular formula is C16H25FN2O3S. The summed E-state index contributed by atoms with van der Waals surface area (Å²) < 4.78 is 45.5. The SMILES string of the molecule is C=CCOc1cc(C(C)NS(=O)(=O)CCCCCN)ccc1F.